The molecule has 3 aromatic carbocycles. The lowest BCUT2D eigenvalue weighted by molar-refractivity contribution is -0.122. The van der Waals surface area contributed by atoms with Gasteiger partial charge in [-0.1, -0.05) is 62.2 Å². The van der Waals surface area contributed by atoms with Crippen molar-refractivity contribution < 1.29 is 28.2 Å². The van der Waals surface area contributed by atoms with Crippen LogP contribution < -0.4 is 20.7 Å². The SMILES string of the molecule is COC(=O)c1ccc(NC(=O)[C@@H]2N[C@@H](CC(C)(C)C)C3(C(=O)Nc4cc(Cl)ccc43)[C@H]2c2cccc(Cl)c2F)c(OC)c1. The smallest absolute Gasteiger partial charge is 0.337 e. The Bertz CT molecular complexity index is 1620. The van der Waals surface area contributed by atoms with E-state index in [2.05, 4.69) is 16.0 Å². The van der Waals surface area contributed by atoms with Gasteiger partial charge in [-0.15, -0.1) is 0 Å². The van der Waals surface area contributed by atoms with E-state index in [0.29, 0.717) is 22.7 Å². The van der Waals surface area contributed by atoms with Crippen LogP contribution in [0.4, 0.5) is 15.8 Å². The lowest BCUT2D eigenvalue weighted by Crippen LogP contribution is -2.49. The molecular formula is C32H32Cl2FN3O5. The first-order valence-electron chi connectivity index (χ1n) is 13.7. The van der Waals surface area contributed by atoms with E-state index in [9.17, 15) is 14.4 Å². The number of hydrogen-bond acceptors (Lipinski definition) is 6. The molecule has 2 heterocycles. The Balaban J connectivity index is 1.68. The molecule has 0 radical (unpaired) electrons. The largest absolute Gasteiger partial charge is 0.495 e. The first-order valence-corrected chi connectivity index (χ1v) is 14.5. The lowest BCUT2D eigenvalue weighted by Gasteiger charge is -2.37. The van der Waals surface area contributed by atoms with Crippen LogP contribution in [0.2, 0.25) is 10.0 Å². The van der Waals surface area contributed by atoms with Crippen molar-refractivity contribution >= 4 is 52.4 Å². The highest BCUT2D eigenvalue weighted by Gasteiger charge is 2.66. The molecule has 0 saturated carbocycles. The Kier molecular flexibility index (Phi) is 8.19. The van der Waals surface area contributed by atoms with Gasteiger partial charge in [-0.05, 0) is 59.4 Å². The second kappa shape index (κ2) is 11.4. The van der Waals surface area contributed by atoms with Gasteiger partial charge < -0.3 is 25.4 Å². The number of fused-ring (bicyclic) bond motifs is 2. The molecule has 11 heteroatoms. The highest BCUT2D eigenvalue weighted by atomic mass is 35.5. The molecule has 5 rings (SSSR count). The fourth-order valence-corrected chi connectivity index (χ4v) is 6.76. The zero-order valence-electron chi connectivity index (χ0n) is 24.3. The summed E-state index contributed by atoms with van der Waals surface area (Å²) in [6, 6.07) is 12.5. The number of carbonyl (C=O) groups is 3. The average molecular weight is 629 g/mol. The molecule has 0 aromatic heterocycles. The van der Waals surface area contributed by atoms with Crippen molar-refractivity contribution in [1.29, 1.82) is 0 Å². The molecule has 43 heavy (non-hydrogen) atoms. The summed E-state index contributed by atoms with van der Waals surface area (Å²) in [4.78, 5) is 40.5. The number of hydrogen-bond donors (Lipinski definition) is 3. The van der Waals surface area contributed by atoms with Crippen molar-refractivity contribution in [3.63, 3.8) is 0 Å². The zero-order valence-corrected chi connectivity index (χ0v) is 25.8. The van der Waals surface area contributed by atoms with Gasteiger partial charge in [0.1, 0.15) is 17.0 Å². The maximum absolute atomic E-state index is 16.0. The fourth-order valence-electron chi connectivity index (χ4n) is 6.40. The van der Waals surface area contributed by atoms with Crippen LogP contribution in [0.15, 0.2) is 54.6 Å². The molecule has 2 aliphatic heterocycles. The van der Waals surface area contributed by atoms with Crippen LogP contribution in [0.25, 0.3) is 0 Å². The van der Waals surface area contributed by atoms with Crippen molar-refractivity contribution in [1.82, 2.24) is 5.32 Å². The molecule has 2 aliphatic rings. The molecule has 8 nitrogen and oxygen atoms in total. The molecule has 1 unspecified atom stereocenters. The van der Waals surface area contributed by atoms with Gasteiger partial charge in [-0.3, -0.25) is 9.59 Å². The highest BCUT2D eigenvalue weighted by Crippen LogP contribution is 2.57. The number of benzene rings is 3. The van der Waals surface area contributed by atoms with Crippen LogP contribution in [-0.4, -0.2) is 44.1 Å². The van der Waals surface area contributed by atoms with Crippen molar-refractivity contribution in [2.45, 2.75) is 50.6 Å². The average Bonchev–Trinajstić information content (AvgIpc) is 3.43. The van der Waals surface area contributed by atoms with Gasteiger partial charge in [0.15, 0.2) is 0 Å². The third kappa shape index (κ3) is 5.34. The number of carbonyl (C=O) groups excluding carboxylic acids is 3. The Morgan fingerprint density at radius 2 is 1.81 bits per heavy atom. The van der Waals surface area contributed by atoms with E-state index in [1.165, 1.54) is 38.5 Å². The molecule has 3 N–H and O–H groups in total. The number of halogens is 3. The molecule has 1 saturated heterocycles. The van der Waals surface area contributed by atoms with Crippen molar-refractivity contribution in [3.8, 4) is 5.75 Å². The Hall–Kier alpha value is -3.66. The van der Waals surface area contributed by atoms with Crippen LogP contribution >= 0.6 is 23.2 Å². The lowest BCUT2D eigenvalue weighted by atomic mass is 9.62. The van der Waals surface area contributed by atoms with E-state index in [1.54, 1.807) is 30.3 Å². The summed E-state index contributed by atoms with van der Waals surface area (Å²) < 4.78 is 26.2. The summed E-state index contributed by atoms with van der Waals surface area (Å²) in [5, 5.41) is 9.56. The quantitative estimate of drug-likeness (QED) is 0.276. The van der Waals surface area contributed by atoms with Gasteiger partial charge in [0.25, 0.3) is 0 Å². The minimum Gasteiger partial charge on any atom is -0.495 e. The third-order valence-electron chi connectivity index (χ3n) is 8.10. The predicted octanol–water partition coefficient (Wildman–Crippen LogP) is 6.32. The van der Waals surface area contributed by atoms with E-state index >= 15 is 4.39 Å². The van der Waals surface area contributed by atoms with Crippen molar-refractivity contribution in [3.05, 3.63) is 87.2 Å². The number of methoxy groups -OCH3 is 2. The molecule has 1 spiro atoms. The standard InChI is InChI=1S/C32H32Cl2FN3O5/c1-31(2,3)15-24-32(19-11-10-17(33)14-22(19)37-30(32)41)25(18-7-6-8-20(34)26(18)35)27(38-24)28(39)36-21-12-9-16(29(40)43-5)13-23(21)42-4/h6-14,24-25,27,38H,15H2,1-5H3,(H,36,39)(H,37,41)/t24-,25-,27+,32?/m0/s1. The number of esters is 1. The van der Waals surface area contributed by atoms with E-state index in [4.69, 9.17) is 32.7 Å². The topological polar surface area (TPSA) is 106 Å². The second-order valence-electron chi connectivity index (χ2n) is 12.0. The molecule has 4 atom stereocenters. The van der Waals surface area contributed by atoms with Crippen molar-refractivity contribution in [2.24, 2.45) is 5.41 Å². The molecule has 1 fully saturated rings. The predicted molar refractivity (Wildman–Crippen MR) is 164 cm³/mol. The van der Waals surface area contributed by atoms with E-state index in [0.717, 1.165) is 0 Å². The second-order valence-corrected chi connectivity index (χ2v) is 12.8. The minimum atomic E-state index is -1.39. The maximum Gasteiger partial charge on any atom is 0.337 e. The molecular weight excluding hydrogens is 596 g/mol. The molecule has 2 amide bonds. The van der Waals surface area contributed by atoms with E-state index < -0.39 is 41.1 Å². The summed E-state index contributed by atoms with van der Waals surface area (Å²) in [7, 11) is 2.67. The van der Waals surface area contributed by atoms with Gasteiger partial charge in [0.05, 0.1) is 36.5 Å². The number of anilines is 2. The number of amides is 2. The van der Waals surface area contributed by atoms with Crippen LogP contribution in [0.5, 0.6) is 5.75 Å². The fraction of sp³-hybridized carbons (Fsp3) is 0.344. The van der Waals surface area contributed by atoms with E-state index in [-0.39, 0.29) is 38.9 Å². The summed E-state index contributed by atoms with van der Waals surface area (Å²) >= 11 is 12.6. The van der Waals surface area contributed by atoms with E-state index in [1.807, 2.05) is 20.8 Å². The molecule has 0 bridgehead atoms. The number of rotatable bonds is 6. The van der Waals surface area contributed by atoms with Gasteiger partial charge in [-0.25, -0.2) is 9.18 Å². The Morgan fingerprint density at radius 3 is 2.49 bits per heavy atom. The van der Waals surface area contributed by atoms with Gasteiger partial charge >= 0.3 is 5.97 Å². The monoisotopic (exact) mass is 627 g/mol. The first-order chi connectivity index (χ1) is 20.3. The van der Waals surface area contributed by atoms with Crippen LogP contribution in [0.3, 0.4) is 0 Å². The van der Waals surface area contributed by atoms with Crippen molar-refractivity contribution in [2.75, 3.05) is 24.9 Å². The molecule has 226 valence electrons. The van der Waals surface area contributed by atoms with Gasteiger partial charge in [-0.2, -0.15) is 0 Å². The Morgan fingerprint density at radius 1 is 1.07 bits per heavy atom. The number of ether oxygens (including phenoxy) is 2. The first kappa shape index (κ1) is 30.8. The summed E-state index contributed by atoms with van der Waals surface area (Å²) in [6.45, 7) is 6.11. The van der Waals surface area contributed by atoms with Gasteiger partial charge in [0.2, 0.25) is 11.8 Å². The zero-order chi connectivity index (χ0) is 31.3. The van der Waals surface area contributed by atoms with Crippen LogP contribution in [0, 0.1) is 11.2 Å². The normalized spacial score (nSPS) is 22.7. The van der Waals surface area contributed by atoms with Crippen LogP contribution in [-0.2, 0) is 19.7 Å². The third-order valence-corrected chi connectivity index (χ3v) is 8.63. The summed E-state index contributed by atoms with van der Waals surface area (Å²) in [5.41, 5.74) is 0.0914. The molecule has 3 aromatic rings. The minimum absolute atomic E-state index is 0.124. The summed E-state index contributed by atoms with van der Waals surface area (Å²) in [6.07, 6.45) is 0.474. The molecule has 0 aliphatic carbocycles. The van der Waals surface area contributed by atoms with Crippen LogP contribution in [0.1, 0.15) is 54.6 Å². The maximum atomic E-state index is 16.0. The number of nitrogens with one attached hydrogen (secondary N) is 3. The summed E-state index contributed by atoms with van der Waals surface area (Å²) in [5.74, 6) is -2.96. The van der Waals surface area contributed by atoms with Gasteiger partial charge in [0, 0.05) is 22.7 Å². The highest BCUT2D eigenvalue weighted by molar-refractivity contribution is 6.31. The Labute approximate surface area is 259 Å².